The molecule has 0 unspecified atom stereocenters. The number of nitro groups is 1. The highest BCUT2D eigenvalue weighted by atomic mass is 35.5. The second-order valence-corrected chi connectivity index (χ2v) is 12.5. The quantitative estimate of drug-likeness (QED) is 0.216. The summed E-state index contributed by atoms with van der Waals surface area (Å²) in [4.78, 5) is 40.0. The van der Waals surface area contributed by atoms with Gasteiger partial charge in [0.15, 0.2) is 0 Å². The van der Waals surface area contributed by atoms with E-state index in [0.717, 1.165) is 22.2 Å². The number of carbonyl (C=O) groups is 2. The van der Waals surface area contributed by atoms with Crippen molar-refractivity contribution >= 4 is 44.8 Å². The maximum atomic E-state index is 14.1. The predicted octanol–water partition coefficient (Wildman–Crippen LogP) is 4.88. The van der Waals surface area contributed by atoms with Gasteiger partial charge in [-0.2, -0.15) is 0 Å². The number of anilines is 1. The molecule has 0 aliphatic rings. The number of non-ortho nitro benzene ring substituents is 1. The predicted molar refractivity (Wildman–Crippen MR) is 164 cm³/mol. The second-order valence-electron chi connectivity index (χ2n) is 10.2. The van der Waals surface area contributed by atoms with E-state index in [4.69, 9.17) is 11.6 Å². The molecule has 3 rings (SSSR count). The average molecular weight is 615 g/mol. The molecule has 12 heteroatoms. The molecule has 2 amide bonds. The summed E-state index contributed by atoms with van der Waals surface area (Å²) in [6.07, 6.45) is 1.78. The number of amides is 2. The van der Waals surface area contributed by atoms with Gasteiger partial charge in [0, 0.05) is 36.2 Å². The van der Waals surface area contributed by atoms with Crippen LogP contribution in [0, 0.1) is 17.0 Å². The molecule has 0 bridgehead atoms. The van der Waals surface area contributed by atoms with Gasteiger partial charge in [0.1, 0.15) is 12.6 Å². The summed E-state index contributed by atoms with van der Waals surface area (Å²) in [6, 6.07) is 18.7. The van der Waals surface area contributed by atoms with Crippen LogP contribution in [0.25, 0.3) is 0 Å². The van der Waals surface area contributed by atoms with Crippen molar-refractivity contribution in [2.45, 2.75) is 52.2 Å². The zero-order valence-electron chi connectivity index (χ0n) is 24.0. The number of hydrogen-bond acceptors (Lipinski definition) is 6. The normalized spacial score (nSPS) is 12.7. The molecule has 3 aromatic rings. The number of nitrogens with one attached hydrogen (secondary N) is 1. The Labute approximate surface area is 251 Å². The minimum Gasteiger partial charge on any atom is -0.352 e. The topological polar surface area (TPSA) is 130 Å². The first kappa shape index (κ1) is 32.6. The van der Waals surface area contributed by atoms with Crippen LogP contribution in [0.1, 0.15) is 37.0 Å². The summed E-state index contributed by atoms with van der Waals surface area (Å²) >= 11 is 6.08. The number of rotatable bonds is 13. The third-order valence-corrected chi connectivity index (χ3v) is 8.27. The van der Waals surface area contributed by atoms with E-state index in [2.05, 4.69) is 5.32 Å². The minimum atomic E-state index is -4.07. The molecule has 42 heavy (non-hydrogen) atoms. The van der Waals surface area contributed by atoms with Gasteiger partial charge in [-0.1, -0.05) is 67.1 Å². The lowest BCUT2D eigenvalue weighted by molar-refractivity contribution is -0.384. The van der Waals surface area contributed by atoms with E-state index < -0.39 is 33.4 Å². The molecule has 0 aliphatic carbocycles. The Morgan fingerprint density at radius 2 is 1.67 bits per heavy atom. The lowest BCUT2D eigenvalue weighted by Gasteiger charge is -2.34. The van der Waals surface area contributed by atoms with Crippen LogP contribution >= 0.6 is 11.6 Å². The molecular formula is C30H35ClN4O6S. The third-order valence-electron chi connectivity index (χ3n) is 6.89. The molecule has 0 aliphatic heterocycles. The van der Waals surface area contributed by atoms with Crippen LogP contribution < -0.4 is 9.62 Å². The van der Waals surface area contributed by atoms with E-state index in [1.54, 1.807) is 31.2 Å². The fourth-order valence-corrected chi connectivity index (χ4v) is 5.38. The van der Waals surface area contributed by atoms with Crippen molar-refractivity contribution in [3.8, 4) is 0 Å². The number of sulfonamides is 1. The molecule has 0 radical (unpaired) electrons. The number of nitro benzene ring substituents is 1. The highest BCUT2D eigenvalue weighted by Crippen LogP contribution is 2.28. The number of aryl methyl sites for hydroxylation is 1. The van der Waals surface area contributed by atoms with E-state index in [9.17, 15) is 28.1 Å². The molecule has 0 saturated heterocycles. The van der Waals surface area contributed by atoms with Crippen molar-refractivity contribution in [1.29, 1.82) is 0 Å². The van der Waals surface area contributed by atoms with E-state index in [-0.39, 0.29) is 36.3 Å². The fourth-order valence-electron chi connectivity index (χ4n) is 4.36. The molecule has 10 nitrogen and oxygen atoms in total. The first-order valence-corrected chi connectivity index (χ1v) is 15.6. The van der Waals surface area contributed by atoms with Crippen LogP contribution in [-0.4, -0.2) is 54.9 Å². The molecule has 1 N–H and O–H groups in total. The third kappa shape index (κ3) is 8.77. The maximum absolute atomic E-state index is 14.1. The van der Waals surface area contributed by atoms with Gasteiger partial charge < -0.3 is 10.2 Å². The summed E-state index contributed by atoms with van der Waals surface area (Å²) in [5, 5.41) is 14.9. The first-order valence-electron chi connectivity index (χ1n) is 13.4. The molecule has 2 atom stereocenters. The molecule has 0 saturated carbocycles. The molecule has 0 fully saturated rings. The Balaban J connectivity index is 2.10. The van der Waals surface area contributed by atoms with Crippen molar-refractivity contribution in [1.82, 2.24) is 10.2 Å². The molecule has 3 aromatic carbocycles. The summed E-state index contributed by atoms with van der Waals surface area (Å²) < 4.78 is 26.8. The highest BCUT2D eigenvalue weighted by molar-refractivity contribution is 7.92. The largest absolute Gasteiger partial charge is 0.352 e. The smallest absolute Gasteiger partial charge is 0.271 e. The zero-order chi connectivity index (χ0) is 31.0. The van der Waals surface area contributed by atoms with Gasteiger partial charge in [-0.15, -0.1) is 0 Å². The SMILES string of the molecule is CC[C@H](C)NC(=O)[C@@H](Cc1ccccc1)N(Cc1ccc(Cl)cc1)C(=O)CN(c1cc([N+](=O)[O-])ccc1C)S(C)(=O)=O. The van der Waals surface area contributed by atoms with Crippen LogP contribution in [0.3, 0.4) is 0 Å². The lowest BCUT2D eigenvalue weighted by Crippen LogP contribution is -2.54. The average Bonchev–Trinajstić information content (AvgIpc) is 2.94. The standard InChI is InChI=1S/C30H35ClN4O6S/c1-5-22(3)32-30(37)28(17-23-9-7-6-8-10-23)33(19-24-12-14-25(31)15-13-24)29(36)20-34(42(4,40)41)27-18-26(35(38)39)16-11-21(27)2/h6-16,18,22,28H,5,17,19-20H2,1-4H3,(H,32,37)/t22-,28+/m0/s1. The van der Waals surface area contributed by atoms with Crippen LogP contribution in [0.4, 0.5) is 11.4 Å². The van der Waals surface area contributed by atoms with Gasteiger partial charge in [0.2, 0.25) is 21.8 Å². The Morgan fingerprint density at radius 1 is 1.02 bits per heavy atom. The number of halogens is 1. The Kier molecular flexibility index (Phi) is 11.1. The fraction of sp³-hybridized carbons (Fsp3) is 0.333. The monoisotopic (exact) mass is 614 g/mol. The summed E-state index contributed by atoms with van der Waals surface area (Å²) in [6.45, 7) is 4.72. The van der Waals surface area contributed by atoms with Crippen molar-refractivity contribution < 1.29 is 22.9 Å². The van der Waals surface area contributed by atoms with Crippen molar-refractivity contribution in [2.75, 3.05) is 17.1 Å². The molecule has 0 aromatic heterocycles. The Morgan fingerprint density at radius 3 is 2.24 bits per heavy atom. The van der Waals surface area contributed by atoms with Crippen LogP contribution in [0.15, 0.2) is 72.8 Å². The maximum Gasteiger partial charge on any atom is 0.271 e. The summed E-state index contributed by atoms with van der Waals surface area (Å²) in [5.41, 5.74) is 1.61. The van der Waals surface area contributed by atoms with Crippen molar-refractivity contribution in [3.63, 3.8) is 0 Å². The number of carbonyl (C=O) groups excluding carboxylic acids is 2. The summed E-state index contributed by atoms with van der Waals surface area (Å²) in [5.74, 6) is -1.03. The minimum absolute atomic E-state index is 0.00699. The number of nitrogens with zero attached hydrogens (tertiary/aromatic N) is 3. The van der Waals surface area contributed by atoms with Gasteiger partial charge in [-0.3, -0.25) is 24.0 Å². The lowest BCUT2D eigenvalue weighted by atomic mass is 10.0. The molecule has 0 heterocycles. The highest BCUT2D eigenvalue weighted by Gasteiger charge is 2.34. The van der Waals surface area contributed by atoms with Gasteiger partial charge >= 0.3 is 0 Å². The molecular weight excluding hydrogens is 580 g/mol. The summed E-state index contributed by atoms with van der Waals surface area (Å²) in [7, 11) is -4.07. The van der Waals surface area contributed by atoms with E-state index in [1.165, 1.54) is 17.0 Å². The van der Waals surface area contributed by atoms with Crippen molar-refractivity contribution in [3.05, 3.63) is 105 Å². The Bertz CT molecular complexity index is 1520. The zero-order valence-corrected chi connectivity index (χ0v) is 25.6. The van der Waals surface area contributed by atoms with Gasteiger partial charge in [-0.25, -0.2) is 8.42 Å². The number of benzene rings is 3. The number of hydrogen-bond donors (Lipinski definition) is 1. The van der Waals surface area contributed by atoms with E-state index in [1.807, 2.05) is 44.2 Å². The second kappa shape index (κ2) is 14.3. The molecule has 224 valence electrons. The Hall–Kier alpha value is -3.96. The van der Waals surface area contributed by atoms with Crippen LogP contribution in [-0.2, 0) is 32.6 Å². The molecule has 0 spiro atoms. The van der Waals surface area contributed by atoms with E-state index >= 15 is 0 Å². The van der Waals surface area contributed by atoms with Crippen LogP contribution in [0.5, 0.6) is 0 Å². The van der Waals surface area contributed by atoms with Crippen LogP contribution in [0.2, 0.25) is 5.02 Å². The van der Waals surface area contributed by atoms with E-state index in [0.29, 0.717) is 22.6 Å². The van der Waals surface area contributed by atoms with Gasteiger partial charge in [-0.05, 0) is 49.1 Å². The van der Waals surface area contributed by atoms with Gasteiger partial charge in [0.05, 0.1) is 16.9 Å². The van der Waals surface area contributed by atoms with Crippen molar-refractivity contribution in [2.24, 2.45) is 0 Å². The first-order chi connectivity index (χ1) is 19.8. The van der Waals surface area contributed by atoms with Gasteiger partial charge in [0.25, 0.3) is 5.69 Å².